The summed E-state index contributed by atoms with van der Waals surface area (Å²) in [6, 6.07) is 7.83. The van der Waals surface area contributed by atoms with Crippen molar-refractivity contribution in [1.82, 2.24) is 5.32 Å². The Morgan fingerprint density at radius 1 is 1.38 bits per heavy atom. The number of halogens is 1. The highest BCUT2D eigenvalue weighted by Gasteiger charge is 1.97. The van der Waals surface area contributed by atoms with Crippen LogP contribution in [0.4, 0.5) is 0 Å². The van der Waals surface area contributed by atoms with Gasteiger partial charge in [0.1, 0.15) is 0 Å². The highest BCUT2D eigenvalue weighted by atomic mass is 35.5. The molecule has 0 aliphatic heterocycles. The first-order valence-corrected chi connectivity index (χ1v) is 4.68. The SMILES string of the molecule is CNCOCCc1ccccc1Cl. The summed E-state index contributed by atoms with van der Waals surface area (Å²) in [6.45, 7) is 1.29. The van der Waals surface area contributed by atoms with E-state index in [2.05, 4.69) is 5.32 Å². The molecule has 72 valence electrons. The van der Waals surface area contributed by atoms with Crippen LogP contribution < -0.4 is 5.32 Å². The largest absolute Gasteiger partial charge is 0.366 e. The van der Waals surface area contributed by atoms with Crippen LogP contribution in [-0.4, -0.2) is 20.4 Å². The normalized spacial score (nSPS) is 10.3. The Kier molecular flexibility index (Phi) is 4.83. The lowest BCUT2D eigenvalue weighted by Gasteiger charge is -2.04. The Hall–Kier alpha value is -0.570. The van der Waals surface area contributed by atoms with Crippen molar-refractivity contribution in [1.29, 1.82) is 0 Å². The number of benzene rings is 1. The van der Waals surface area contributed by atoms with E-state index in [1.807, 2.05) is 31.3 Å². The number of hydrogen-bond donors (Lipinski definition) is 1. The lowest BCUT2D eigenvalue weighted by Crippen LogP contribution is -2.13. The predicted octanol–water partition coefficient (Wildman–Crippen LogP) is 2.08. The van der Waals surface area contributed by atoms with E-state index in [4.69, 9.17) is 16.3 Å². The maximum Gasteiger partial charge on any atom is 0.0962 e. The summed E-state index contributed by atoms with van der Waals surface area (Å²) in [5, 5.41) is 3.73. The molecule has 0 unspecified atom stereocenters. The highest BCUT2D eigenvalue weighted by Crippen LogP contribution is 2.14. The van der Waals surface area contributed by atoms with Crippen molar-refractivity contribution in [2.75, 3.05) is 20.4 Å². The van der Waals surface area contributed by atoms with Crippen molar-refractivity contribution in [3.05, 3.63) is 34.9 Å². The monoisotopic (exact) mass is 199 g/mol. The van der Waals surface area contributed by atoms with Crippen LogP contribution in [0.25, 0.3) is 0 Å². The minimum atomic E-state index is 0.588. The average Bonchev–Trinajstić information content (AvgIpc) is 2.15. The molecule has 0 aliphatic carbocycles. The van der Waals surface area contributed by atoms with Crippen molar-refractivity contribution in [2.24, 2.45) is 0 Å². The molecule has 1 aromatic carbocycles. The summed E-state index contributed by atoms with van der Waals surface area (Å²) in [5.41, 5.74) is 1.14. The molecule has 13 heavy (non-hydrogen) atoms. The second kappa shape index (κ2) is 5.97. The first kappa shape index (κ1) is 10.5. The molecule has 0 bridgehead atoms. The van der Waals surface area contributed by atoms with Crippen molar-refractivity contribution in [3.63, 3.8) is 0 Å². The summed E-state index contributed by atoms with van der Waals surface area (Å²) < 4.78 is 5.27. The second-order valence-corrected chi connectivity index (χ2v) is 3.15. The Bertz CT molecular complexity index is 252. The van der Waals surface area contributed by atoms with Crippen LogP contribution in [0.3, 0.4) is 0 Å². The van der Waals surface area contributed by atoms with Crippen molar-refractivity contribution in [3.8, 4) is 0 Å². The number of ether oxygens (including phenoxy) is 1. The molecule has 0 heterocycles. The fourth-order valence-corrected chi connectivity index (χ4v) is 1.29. The number of nitrogens with one attached hydrogen (secondary N) is 1. The van der Waals surface area contributed by atoms with Crippen LogP contribution in [0.15, 0.2) is 24.3 Å². The molecule has 0 saturated carbocycles. The molecule has 0 spiro atoms. The zero-order chi connectivity index (χ0) is 9.52. The molecule has 1 N–H and O–H groups in total. The van der Waals surface area contributed by atoms with Gasteiger partial charge in [0, 0.05) is 5.02 Å². The third kappa shape index (κ3) is 3.77. The molecule has 0 saturated heterocycles. The maximum absolute atomic E-state index is 5.97. The van der Waals surface area contributed by atoms with E-state index in [1.54, 1.807) is 0 Å². The molecule has 0 aliphatic rings. The van der Waals surface area contributed by atoms with Crippen molar-refractivity contribution in [2.45, 2.75) is 6.42 Å². The van der Waals surface area contributed by atoms with Gasteiger partial charge in [0.2, 0.25) is 0 Å². The number of rotatable bonds is 5. The molecule has 0 aromatic heterocycles. The molecule has 1 aromatic rings. The molecule has 3 heteroatoms. The molecular formula is C10H14ClNO. The maximum atomic E-state index is 5.97. The summed E-state index contributed by atoms with van der Waals surface area (Å²) in [6.07, 6.45) is 0.862. The van der Waals surface area contributed by atoms with Gasteiger partial charge in [-0.1, -0.05) is 29.8 Å². The molecule has 1 rings (SSSR count). The van der Waals surface area contributed by atoms with Crippen LogP contribution in [0.2, 0.25) is 5.02 Å². The van der Waals surface area contributed by atoms with Gasteiger partial charge < -0.3 is 4.74 Å². The van der Waals surface area contributed by atoms with Crippen molar-refractivity contribution >= 4 is 11.6 Å². The van der Waals surface area contributed by atoms with E-state index in [1.165, 1.54) is 0 Å². The van der Waals surface area contributed by atoms with Gasteiger partial charge in [-0.2, -0.15) is 0 Å². The Morgan fingerprint density at radius 3 is 2.85 bits per heavy atom. The van der Waals surface area contributed by atoms with Gasteiger partial charge in [0.05, 0.1) is 13.3 Å². The molecule has 0 atom stereocenters. The molecule has 0 radical (unpaired) electrons. The molecule has 0 amide bonds. The third-order valence-electron chi connectivity index (χ3n) is 1.72. The molecular weight excluding hydrogens is 186 g/mol. The van der Waals surface area contributed by atoms with Gasteiger partial charge in [0.15, 0.2) is 0 Å². The van der Waals surface area contributed by atoms with E-state index < -0.39 is 0 Å². The van der Waals surface area contributed by atoms with E-state index >= 15 is 0 Å². The van der Waals surface area contributed by atoms with Gasteiger partial charge in [0.25, 0.3) is 0 Å². The topological polar surface area (TPSA) is 21.3 Å². The van der Waals surface area contributed by atoms with E-state index in [0.717, 1.165) is 17.0 Å². The second-order valence-electron chi connectivity index (χ2n) is 2.75. The van der Waals surface area contributed by atoms with E-state index in [9.17, 15) is 0 Å². The van der Waals surface area contributed by atoms with Gasteiger partial charge in [-0.05, 0) is 25.1 Å². The predicted molar refractivity (Wildman–Crippen MR) is 55.0 cm³/mol. The molecule has 0 fully saturated rings. The van der Waals surface area contributed by atoms with E-state index in [0.29, 0.717) is 13.3 Å². The summed E-state index contributed by atoms with van der Waals surface area (Å²) >= 11 is 5.97. The van der Waals surface area contributed by atoms with Gasteiger partial charge in [-0.25, -0.2) is 0 Å². The minimum absolute atomic E-state index is 0.588. The average molecular weight is 200 g/mol. The van der Waals surface area contributed by atoms with Gasteiger partial charge >= 0.3 is 0 Å². The molecule has 2 nitrogen and oxygen atoms in total. The first-order chi connectivity index (χ1) is 6.34. The smallest absolute Gasteiger partial charge is 0.0962 e. The van der Waals surface area contributed by atoms with Crippen molar-refractivity contribution < 1.29 is 4.74 Å². The highest BCUT2D eigenvalue weighted by molar-refractivity contribution is 6.31. The van der Waals surface area contributed by atoms with Crippen LogP contribution >= 0.6 is 11.6 Å². The lowest BCUT2D eigenvalue weighted by atomic mass is 10.2. The summed E-state index contributed by atoms with van der Waals surface area (Å²) in [7, 11) is 1.86. The van der Waals surface area contributed by atoms with E-state index in [-0.39, 0.29) is 0 Å². The number of hydrogen-bond acceptors (Lipinski definition) is 2. The van der Waals surface area contributed by atoms with Gasteiger partial charge in [-0.3, -0.25) is 5.32 Å². The Labute approximate surface area is 83.9 Å². The van der Waals surface area contributed by atoms with Gasteiger partial charge in [-0.15, -0.1) is 0 Å². The van der Waals surface area contributed by atoms with Crippen LogP contribution in [-0.2, 0) is 11.2 Å². The minimum Gasteiger partial charge on any atom is -0.366 e. The fourth-order valence-electron chi connectivity index (χ4n) is 1.06. The lowest BCUT2D eigenvalue weighted by molar-refractivity contribution is 0.125. The van der Waals surface area contributed by atoms with Crippen LogP contribution in [0.1, 0.15) is 5.56 Å². The third-order valence-corrected chi connectivity index (χ3v) is 2.09. The Balaban J connectivity index is 2.32. The summed E-state index contributed by atoms with van der Waals surface area (Å²) in [4.78, 5) is 0. The quantitative estimate of drug-likeness (QED) is 0.579. The van der Waals surface area contributed by atoms with Crippen LogP contribution in [0.5, 0.6) is 0 Å². The summed E-state index contributed by atoms with van der Waals surface area (Å²) in [5.74, 6) is 0. The first-order valence-electron chi connectivity index (χ1n) is 4.30. The standard InChI is InChI=1S/C10H14ClNO/c1-12-8-13-7-6-9-4-2-3-5-10(9)11/h2-5,12H,6-8H2,1H3. The fraction of sp³-hybridized carbons (Fsp3) is 0.400. The Morgan fingerprint density at radius 2 is 2.15 bits per heavy atom. The zero-order valence-corrected chi connectivity index (χ0v) is 8.47. The van der Waals surface area contributed by atoms with Crippen LogP contribution in [0, 0.1) is 0 Å². The zero-order valence-electron chi connectivity index (χ0n) is 7.72.